The van der Waals surface area contributed by atoms with Gasteiger partial charge in [0.2, 0.25) is 5.91 Å². The minimum Gasteiger partial charge on any atom is -0.492 e. The number of benzene rings is 1. The van der Waals surface area contributed by atoms with E-state index in [2.05, 4.69) is 10.4 Å². The van der Waals surface area contributed by atoms with E-state index in [0.717, 1.165) is 11.4 Å². The van der Waals surface area contributed by atoms with Crippen LogP contribution in [0, 0.1) is 6.92 Å². The molecular formula is C18H24N4O2. The molecule has 1 fully saturated rings. The zero-order valence-electron chi connectivity index (χ0n) is 14.4. The minimum absolute atomic E-state index is 0.00368. The minimum atomic E-state index is 0.00368. The highest BCUT2D eigenvalue weighted by Crippen LogP contribution is 2.31. The quantitative estimate of drug-likeness (QED) is 0.820. The van der Waals surface area contributed by atoms with Crippen LogP contribution in [0.4, 0.5) is 0 Å². The van der Waals surface area contributed by atoms with Crippen LogP contribution in [-0.2, 0) is 11.8 Å². The van der Waals surface area contributed by atoms with Gasteiger partial charge in [-0.05, 0) is 30.7 Å². The van der Waals surface area contributed by atoms with Gasteiger partial charge in [-0.15, -0.1) is 0 Å². The summed E-state index contributed by atoms with van der Waals surface area (Å²) in [5, 5.41) is 7.69. The molecule has 1 saturated heterocycles. The van der Waals surface area contributed by atoms with Gasteiger partial charge in [0.15, 0.2) is 0 Å². The SMILES string of the molecule is Cc1cccc(OCCN[C@@H]2CC(=O)N(C)[C@H]2c2ccnn2C)c1. The van der Waals surface area contributed by atoms with E-state index in [1.54, 1.807) is 11.1 Å². The van der Waals surface area contributed by atoms with Gasteiger partial charge in [0.25, 0.3) is 0 Å². The van der Waals surface area contributed by atoms with Gasteiger partial charge in [-0.2, -0.15) is 5.10 Å². The summed E-state index contributed by atoms with van der Waals surface area (Å²) >= 11 is 0. The molecule has 2 atom stereocenters. The molecule has 0 spiro atoms. The van der Waals surface area contributed by atoms with Gasteiger partial charge in [-0.3, -0.25) is 9.48 Å². The van der Waals surface area contributed by atoms with Crippen molar-refractivity contribution < 1.29 is 9.53 Å². The number of amides is 1. The fourth-order valence-corrected chi connectivity index (χ4v) is 3.25. The molecule has 24 heavy (non-hydrogen) atoms. The molecule has 6 heteroatoms. The average molecular weight is 328 g/mol. The van der Waals surface area contributed by atoms with Gasteiger partial charge < -0.3 is 15.0 Å². The summed E-state index contributed by atoms with van der Waals surface area (Å²) in [7, 11) is 3.76. The van der Waals surface area contributed by atoms with Crippen LogP contribution < -0.4 is 10.1 Å². The molecule has 1 aromatic carbocycles. The van der Waals surface area contributed by atoms with E-state index in [-0.39, 0.29) is 18.0 Å². The summed E-state index contributed by atoms with van der Waals surface area (Å²) in [6, 6.07) is 10.1. The number of likely N-dealkylation sites (N-methyl/N-ethyl adjacent to an activating group) is 1. The van der Waals surface area contributed by atoms with Crippen LogP contribution in [0.2, 0.25) is 0 Å². The van der Waals surface area contributed by atoms with Gasteiger partial charge in [0, 0.05) is 39.3 Å². The van der Waals surface area contributed by atoms with Crippen LogP contribution in [0.25, 0.3) is 0 Å². The number of hydrogen-bond donors (Lipinski definition) is 1. The summed E-state index contributed by atoms with van der Waals surface area (Å²) in [5.74, 6) is 1.03. The van der Waals surface area contributed by atoms with Crippen molar-refractivity contribution in [3.8, 4) is 5.75 Å². The van der Waals surface area contributed by atoms with Crippen molar-refractivity contribution in [3.05, 3.63) is 47.8 Å². The number of aromatic nitrogens is 2. The van der Waals surface area contributed by atoms with Gasteiger partial charge in [-0.1, -0.05) is 12.1 Å². The number of nitrogens with zero attached hydrogens (tertiary/aromatic N) is 3. The summed E-state index contributed by atoms with van der Waals surface area (Å²) in [5.41, 5.74) is 2.22. The van der Waals surface area contributed by atoms with Crippen molar-refractivity contribution in [1.29, 1.82) is 0 Å². The lowest BCUT2D eigenvalue weighted by molar-refractivity contribution is -0.127. The molecule has 0 saturated carbocycles. The molecule has 2 heterocycles. The number of likely N-dealkylation sites (tertiary alicyclic amines) is 1. The zero-order chi connectivity index (χ0) is 17.1. The van der Waals surface area contributed by atoms with Crippen molar-refractivity contribution in [2.75, 3.05) is 20.2 Å². The average Bonchev–Trinajstić information content (AvgIpc) is 3.08. The number of nitrogens with one attached hydrogen (secondary N) is 1. The van der Waals surface area contributed by atoms with Crippen molar-refractivity contribution in [2.45, 2.75) is 25.4 Å². The van der Waals surface area contributed by atoms with E-state index in [0.29, 0.717) is 19.6 Å². The molecule has 1 amide bonds. The van der Waals surface area contributed by atoms with E-state index >= 15 is 0 Å². The van der Waals surface area contributed by atoms with Crippen LogP contribution in [0.5, 0.6) is 5.75 Å². The van der Waals surface area contributed by atoms with Crippen LogP contribution >= 0.6 is 0 Å². The molecular weight excluding hydrogens is 304 g/mol. The second kappa shape index (κ2) is 7.05. The topological polar surface area (TPSA) is 59.4 Å². The lowest BCUT2D eigenvalue weighted by Crippen LogP contribution is -2.38. The molecule has 3 rings (SSSR count). The maximum absolute atomic E-state index is 12.1. The normalized spacial score (nSPS) is 20.6. The molecule has 2 aromatic rings. The van der Waals surface area contributed by atoms with Crippen molar-refractivity contribution in [1.82, 2.24) is 20.0 Å². The Labute approximate surface area is 142 Å². The Hall–Kier alpha value is -2.34. The largest absolute Gasteiger partial charge is 0.492 e. The Morgan fingerprint density at radius 1 is 1.33 bits per heavy atom. The van der Waals surface area contributed by atoms with Crippen molar-refractivity contribution in [3.63, 3.8) is 0 Å². The highest BCUT2D eigenvalue weighted by molar-refractivity contribution is 5.80. The number of carbonyl (C=O) groups excluding carboxylic acids is 1. The summed E-state index contributed by atoms with van der Waals surface area (Å²) < 4.78 is 7.60. The standard InChI is InChI=1S/C18H24N4O2/c1-13-5-4-6-14(11-13)24-10-9-19-15-12-17(23)21(2)18(15)16-7-8-20-22(16)3/h4-8,11,15,18-19H,9-10,12H2,1-3H3/t15-,18-/m1/s1. The number of aryl methyl sites for hydroxylation is 2. The first kappa shape index (κ1) is 16.5. The Bertz CT molecular complexity index is 713. The molecule has 128 valence electrons. The van der Waals surface area contributed by atoms with Crippen LogP contribution in [0.15, 0.2) is 36.5 Å². The summed E-state index contributed by atoms with van der Waals surface area (Å²) in [4.78, 5) is 13.9. The Morgan fingerprint density at radius 2 is 2.17 bits per heavy atom. The number of rotatable bonds is 6. The Balaban J connectivity index is 1.57. The molecule has 0 bridgehead atoms. The summed E-state index contributed by atoms with van der Waals surface area (Å²) in [6.45, 7) is 3.30. The van der Waals surface area contributed by atoms with E-state index < -0.39 is 0 Å². The highest BCUT2D eigenvalue weighted by atomic mass is 16.5. The smallest absolute Gasteiger partial charge is 0.224 e. The number of hydrogen-bond acceptors (Lipinski definition) is 4. The lowest BCUT2D eigenvalue weighted by Gasteiger charge is -2.25. The molecule has 6 nitrogen and oxygen atoms in total. The maximum atomic E-state index is 12.1. The van der Waals surface area contributed by atoms with E-state index in [1.165, 1.54) is 5.56 Å². The van der Waals surface area contributed by atoms with Crippen LogP contribution in [0.3, 0.4) is 0 Å². The second-order valence-electron chi connectivity index (χ2n) is 6.26. The molecule has 1 aliphatic rings. The monoisotopic (exact) mass is 328 g/mol. The number of carbonyl (C=O) groups is 1. The third-order valence-electron chi connectivity index (χ3n) is 4.52. The first-order valence-corrected chi connectivity index (χ1v) is 8.22. The van der Waals surface area contributed by atoms with Crippen molar-refractivity contribution in [2.24, 2.45) is 7.05 Å². The van der Waals surface area contributed by atoms with Gasteiger partial charge in [-0.25, -0.2) is 0 Å². The van der Waals surface area contributed by atoms with Crippen LogP contribution in [-0.4, -0.2) is 46.8 Å². The summed E-state index contributed by atoms with van der Waals surface area (Å²) in [6.07, 6.45) is 2.26. The van der Waals surface area contributed by atoms with E-state index in [9.17, 15) is 4.79 Å². The fourth-order valence-electron chi connectivity index (χ4n) is 3.25. The van der Waals surface area contributed by atoms with Crippen LogP contribution in [0.1, 0.15) is 23.7 Å². The molecule has 1 aromatic heterocycles. The van der Waals surface area contributed by atoms with Gasteiger partial charge in [0.05, 0.1) is 11.7 Å². The Morgan fingerprint density at radius 3 is 2.88 bits per heavy atom. The van der Waals surface area contributed by atoms with Gasteiger partial charge >= 0.3 is 0 Å². The molecule has 1 N–H and O–H groups in total. The fraction of sp³-hybridized carbons (Fsp3) is 0.444. The Kier molecular flexibility index (Phi) is 4.85. The third kappa shape index (κ3) is 3.43. The number of ether oxygens (including phenoxy) is 1. The van der Waals surface area contributed by atoms with E-state index in [4.69, 9.17) is 4.74 Å². The zero-order valence-corrected chi connectivity index (χ0v) is 14.4. The first-order valence-electron chi connectivity index (χ1n) is 8.22. The second-order valence-corrected chi connectivity index (χ2v) is 6.26. The molecule has 0 unspecified atom stereocenters. The molecule has 0 aliphatic carbocycles. The molecule has 0 radical (unpaired) electrons. The highest BCUT2D eigenvalue weighted by Gasteiger charge is 2.39. The first-order chi connectivity index (χ1) is 11.6. The van der Waals surface area contributed by atoms with Crippen molar-refractivity contribution >= 4 is 5.91 Å². The lowest BCUT2D eigenvalue weighted by atomic mass is 10.1. The van der Waals surface area contributed by atoms with E-state index in [1.807, 2.05) is 56.0 Å². The maximum Gasteiger partial charge on any atom is 0.224 e. The third-order valence-corrected chi connectivity index (χ3v) is 4.52. The van der Waals surface area contributed by atoms with Gasteiger partial charge in [0.1, 0.15) is 12.4 Å². The predicted octanol–water partition coefficient (Wildman–Crippen LogP) is 1.67. The molecule has 1 aliphatic heterocycles. The predicted molar refractivity (Wildman–Crippen MR) is 91.8 cm³/mol.